The fraction of sp³-hybridized carbons (Fsp3) is 0.476. The van der Waals surface area contributed by atoms with Crippen molar-refractivity contribution in [1.29, 1.82) is 0 Å². The van der Waals surface area contributed by atoms with E-state index in [-0.39, 0.29) is 18.0 Å². The van der Waals surface area contributed by atoms with E-state index in [1.54, 1.807) is 6.92 Å². The fourth-order valence-electron chi connectivity index (χ4n) is 3.45. The second kappa shape index (κ2) is 10.5. The molecule has 3 rings (SSSR count). The Balaban J connectivity index is 1.86. The summed E-state index contributed by atoms with van der Waals surface area (Å²) in [4.78, 5) is 27.7. The van der Waals surface area contributed by atoms with E-state index in [2.05, 4.69) is 10.1 Å². The highest BCUT2D eigenvalue weighted by atomic mass is 35.5. The zero-order chi connectivity index (χ0) is 26.9. The molecule has 0 radical (unpaired) electrons. The molecule has 1 aromatic heterocycles. The van der Waals surface area contributed by atoms with E-state index in [4.69, 9.17) is 31.1 Å². The van der Waals surface area contributed by atoms with Gasteiger partial charge in [0, 0.05) is 11.2 Å². The quantitative estimate of drug-likeness (QED) is 0.270. The van der Waals surface area contributed by atoms with E-state index >= 15 is 0 Å². The number of nitrogens with one attached hydrogen (secondary N) is 1. The molecule has 6 atom stereocenters. The van der Waals surface area contributed by atoms with Gasteiger partial charge in [0.2, 0.25) is 0 Å². The Morgan fingerprint density at radius 1 is 1.39 bits per heavy atom. The number of carboxylic acids is 1. The summed E-state index contributed by atoms with van der Waals surface area (Å²) in [7, 11) is -4.42. The first-order valence-corrected chi connectivity index (χ1v) is 12.8. The van der Waals surface area contributed by atoms with Crippen LogP contribution in [0.5, 0.6) is 5.75 Å². The van der Waals surface area contributed by atoms with Gasteiger partial charge in [0.05, 0.1) is 6.61 Å². The molecule has 198 valence electrons. The molecule has 13 nitrogen and oxygen atoms in total. The Morgan fingerprint density at radius 3 is 2.58 bits per heavy atom. The minimum absolute atomic E-state index is 0.0199. The summed E-state index contributed by atoms with van der Waals surface area (Å²) in [6, 6.07) is 7.08. The molecule has 36 heavy (non-hydrogen) atoms. The van der Waals surface area contributed by atoms with Crippen LogP contribution in [0, 0.1) is 0 Å². The molecule has 2 heterocycles. The number of aromatic nitrogens is 2. The molecule has 6 N–H and O–H groups in total. The first-order valence-electron chi connectivity index (χ1n) is 10.8. The molecule has 1 aliphatic heterocycles. The lowest BCUT2D eigenvalue weighted by Gasteiger charge is -2.30. The predicted octanol–water partition coefficient (Wildman–Crippen LogP) is 1.53. The molecule has 0 amide bonds. The van der Waals surface area contributed by atoms with E-state index in [0.29, 0.717) is 5.02 Å². The molecule has 2 aromatic rings. The number of benzene rings is 1. The smallest absolute Gasteiger partial charge is 0.459 e. The molecule has 0 spiro atoms. The maximum atomic E-state index is 13.7. The average Bonchev–Trinajstić information content (AvgIpc) is 3.02. The molecule has 15 heteroatoms. The Bertz CT molecular complexity index is 1210. The van der Waals surface area contributed by atoms with Crippen molar-refractivity contribution in [3.05, 3.63) is 52.0 Å². The lowest BCUT2D eigenvalue weighted by Crippen LogP contribution is -2.48. The Labute approximate surface area is 211 Å². The zero-order valence-corrected chi connectivity index (χ0v) is 21.3. The van der Waals surface area contributed by atoms with Crippen LogP contribution < -0.4 is 21.0 Å². The van der Waals surface area contributed by atoms with Gasteiger partial charge in [0.1, 0.15) is 34.9 Å². The molecular formula is C21H28ClN4O9P. The van der Waals surface area contributed by atoms with Gasteiger partial charge in [0.15, 0.2) is 6.23 Å². The minimum atomic E-state index is -4.42. The van der Waals surface area contributed by atoms with Crippen LogP contribution in [0.3, 0.4) is 0 Å². The third-order valence-electron chi connectivity index (χ3n) is 5.87. The van der Waals surface area contributed by atoms with E-state index in [9.17, 15) is 29.5 Å². The first-order chi connectivity index (χ1) is 16.7. The van der Waals surface area contributed by atoms with Crippen molar-refractivity contribution in [3.8, 4) is 5.75 Å². The van der Waals surface area contributed by atoms with Crippen molar-refractivity contribution in [3.63, 3.8) is 0 Å². The van der Waals surface area contributed by atoms with Gasteiger partial charge in [-0.25, -0.2) is 9.36 Å². The Morgan fingerprint density at radius 2 is 2.03 bits per heavy atom. The largest absolute Gasteiger partial charge is 0.480 e. The van der Waals surface area contributed by atoms with Crippen molar-refractivity contribution < 1.29 is 38.5 Å². The van der Waals surface area contributed by atoms with Crippen LogP contribution in [0.1, 0.15) is 33.4 Å². The summed E-state index contributed by atoms with van der Waals surface area (Å²) in [5, 5.41) is 34.0. The normalized spacial score (nSPS) is 27.2. The molecule has 1 unspecified atom stereocenters. The first kappa shape index (κ1) is 28.1. The number of nitrogens with two attached hydrogens (primary N) is 1. The zero-order valence-electron chi connectivity index (χ0n) is 19.7. The third-order valence-corrected chi connectivity index (χ3v) is 7.83. The van der Waals surface area contributed by atoms with Crippen molar-refractivity contribution in [2.24, 2.45) is 0 Å². The molecule has 0 saturated carbocycles. The molecule has 1 fully saturated rings. The number of rotatable bonds is 10. The number of carbonyl (C=O) groups is 1. The van der Waals surface area contributed by atoms with Gasteiger partial charge >= 0.3 is 19.4 Å². The van der Waals surface area contributed by atoms with E-state index in [0.717, 1.165) is 4.57 Å². The van der Waals surface area contributed by atoms with Crippen molar-refractivity contribution in [2.75, 3.05) is 12.3 Å². The van der Waals surface area contributed by atoms with Gasteiger partial charge in [-0.1, -0.05) is 18.5 Å². The van der Waals surface area contributed by atoms with Crippen LogP contribution >= 0.6 is 19.3 Å². The van der Waals surface area contributed by atoms with Crippen LogP contribution in [0.15, 0.2) is 41.3 Å². The maximum Gasteiger partial charge on any atom is 0.459 e. The van der Waals surface area contributed by atoms with Crippen molar-refractivity contribution >= 4 is 31.1 Å². The number of aliphatic hydroxyl groups is 2. The van der Waals surface area contributed by atoms with Gasteiger partial charge in [-0.2, -0.15) is 10.1 Å². The molecule has 0 aliphatic carbocycles. The van der Waals surface area contributed by atoms with Crippen LogP contribution in [0.2, 0.25) is 5.02 Å². The van der Waals surface area contributed by atoms with Gasteiger partial charge in [0.25, 0.3) is 0 Å². The summed E-state index contributed by atoms with van der Waals surface area (Å²) in [6.45, 7) is 3.50. The number of anilines is 1. The number of hydrogen-bond donors (Lipinski definition) is 5. The topological polar surface area (TPSA) is 195 Å². The summed E-state index contributed by atoms with van der Waals surface area (Å²) >= 11 is 5.87. The summed E-state index contributed by atoms with van der Waals surface area (Å²) < 4.78 is 31.3. The summed E-state index contributed by atoms with van der Waals surface area (Å²) in [5.41, 5.74) is 0.991. The van der Waals surface area contributed by atoms with Gasteiger partial charge in [-0.3, -0.25) is 13.9 Å². The second-order valence-corrected chi connectivity index (χ2v) is 10.8. The minimum Gasteiger partial charge on any atom is -0.480 e. The van der Waals surface area contributed by atoms with Gasteiger partial charge in [-0.15, -0.1) is 0 Å². The lowest BCUT2D eigenvalue weighted by molar-refractivity contribution is -0.143. The number of aliphatic carboxylic acids is 1. The molecule has 0 bridgehead atoms. The SMILES string of the molecule is CC[C@](C)(NP(=O)(OC[C@H]1O[C@@H](n2ccc(N)nc2=O)[C@](C)(O)[C@@H]1O)Oc1ccc(Cl)cc1)C(=O)O. The van der Waals surface area contributed by atoms with Gasteiger partial charge in [-0.05, 0) is 50.6 Å². The van der Waals surface area contributed by atoms with Crippen LogP contribution in [0.4, 0.5) is 5.82 Å². The molecule has 1 aliphatic rings. The molecule has 1 aromatic carbocycles. The van der Waals surface area contributed by atoms with Crippen molar-refractivity contribution in [2.45, 2.75) is 56.8 Å². The highest BCUT2D eigenvalue weighted by Gasteiger charge is 2.54. The number of hydrogen-bond acceptors (Lipinski definition) is 10. The van der Waals surface area contributed by atoms with E-state index in [1.807, 2.05) is 0 Å². The van der Waals surface area contributed by atoms with Crippen LogP contribution in [0.25, 0.3) is 0 Å². The van der Waals surface area contributed by atoms with E-state index in [1.165, 1.54) is 50.4 Å². The number of ether oxygens (including phenoxy) is 1. The monoisotopic (exact) mass is 546 g/mol. The lowest BCUT2D eigenvalue weighted by atomic mass is 9.96. The standard InChI is InChI=1S/C21H28ClN4O9P/c1-4-20(2,18(28)29)25-36(32,35-13-7-5-12(22)6-8-13)33-11-14-16(27)21(3,31)17(34-14)26-10-9-15(23)24-19(26)30/h5-10,14,16-17,27,31H,4,11H2,1-3H3,(H,25,32)(H,28,29)(H2,23,24,30)/t14-,16-,17-,20+,21-,36?/m1/s1. The number of halogens is 1. The number of carboxylic acid groups (broad SMARTS) is 1. The average molecular weight is 547 g/mol. The summed E-state index contributed by atoms with van der Waals surface area (Å²) in [5.74, 6) is -1.28. The van der Waals surface area contributed by atoms with Crippen LogP contribution in [-0.4, -0.2) is 60.8 Å². The van der Waals surface area contributed by atoms with Gasteiger partial charge < -0.3 is 30.3 Å². The number of nitrogens with zero attached hydrogens (tertiary/aromatic N) is 2. The maximum absolute atomic E-state index is 13.7. The number of aliphatic hydroxyl groups excluding tert-OH is 1. The molecule has 1 saturated heterocycles. The highest BCUT2D eigenvalue weighted by Crippen LogP contribution is 2.48. The van der Waals surface area contributed by atoms with E-state index < -0.39 is 55.6 Å². The summed E-state index contributed by atoms with van der Waals surface area (Å²) in [6.07, 6.45) is -3.02. The number of nitrogen functional groups attached to an aromatic ring is 1. The molecular weight excluding hydrogens is 519 g/mol. The third kappa shape index (κ3) is 5.89. The Kier molecular flexibility index (Phi) is 8.16. The van der Waals surface area contributed by atoms with Crippen LogP contribution in [-0.2, 0) is 18.6 Å². The Hall–Kier alpha value is -2.51. The second-order valence-electron chi connectivity index (χ2n) is 8.68. The van der Waals surface area contributed by atoms with Crippen molar-refractivity contribution in [1.82, 2.24) is 14.6 Å². The predicted molar refractivity (Wildman–Crippen MR) is 129 cm³/mol. The highest BCUT2D eigenvalue weighted by molar-refractivity contribution is 7.52. The fourth-order valence-corrected chi connectivity index (χ4v) is 5.34.